The van der Waals surface area contributed by atoms with E-state index in [9.17, 15) is 18.0 Å². The number of rotatable bonds is 4. The van der Waals surface area contributed by atoms with Crippen molar-refractivity contribution in [1.82, 2.24) is 19.7 Å². The molecule has 6 nitrogen and oxygen atoms in total. The molecule has 0 spiro atoms. The molecule has 32 heavy (non-hydrogen) atoms. The van der Waals surface area contributed by atoms with Crippen LogP contribution in [0.3, 0.4) is 0 Å². The largest absolute Gasteiger partial charge is 0.433 e. The number of anilines is 1. The highest BCUT2D eigenvalue weighted by atomic mass is 19.4. The third-order valence-corrected chi connectivity index (χ3v) is 5.22. The number of fused-ring (bicyclic) bond motifs is 1. The lowest BCUT2D eigenvalue weighted by atomic mass is 10.1. The van der Waals surface area contributed by atoms with E-state index >= 15 is 0 Å². The molecule has 0 bridgehead atoms. The van der Waals surface area contributed by atoms with Crippen molar-refractivity contribution in [2.45, 2.75) is 33.5 Å². The maximum atomic E-state index is 13.3. The molecule has 1 aromatic carbocycles. The molecule has 0 unspecified atom stereocenters. The molecule has 3 aromatic heterocycles. The number of nitrogens with zero attached hydrogens (tertiary/aromatic N) is 4. The van der Waals surface area contributed by atoms with E-state index in [0.717, 1.165) is 17.2 Å². The van der Waals surface area contributed by atoms with Gasteiger partial charge in [0.1, 0.15) is 5.69 Å². The highest BCUT2D eigenvalue weighted by Crippen LogP contribution is 2.31. The predicted octanol–water partition coefficient (Wildman–Crippen LogP) is 5.07. The Labute approximate surface area is 182 Å². The molecular formula is C23H20F3N5O. The first kappa shape index (κ1) is 21.5. The summed E-state index contributed by atoms with van der Waals surface area (Å²) in [5.74, 6) is -0.683. The molecule has 1 amide bonds. The molecule has 0 radical (unpaired) electrons. The molecule has 0 aliphatic carbocycles. The van der Waals surface area contributed by atoms with E-state index in [0.29, 0.717) is 23.6 Å². The van der Waals surface area contributed by atoms with Crippen molar-refractivity contribution < 1.29 is 18.0 Å². The van der Waals surface area contributed by atoms with Crippen LogP contribution in [0.25, 0.3) is 10.9 Å². The molecule has 1 N–H and O–H groups in total. The van der Waals surface area contributed by atoms with E-state index in [1.165, 1.54) is 18.5 Å². The van der Waals surface area contributed by atoms with Crippen LogP contribution in [-0.2, 0) is 12.7 Å². The van der Waals surface area contributed by atoms with Crippen LogP contribution in [0.15, 0.2) is 48.8 Å². The summed E-state index contributed by atoms with van der Waals surface area (Å²) in [7, 11) is 0. The number of aryl methyl sites for hydroxylation is 2. The van der Waals surface area contributed by atoms with Gasteiger partial charge in [0.2, 0.25) is 0 Å². The van der Waals surface area contributed by atoms with Gasteiger partial charge in [0.25, 0.3) is 5.91 Å². The van der Waals surface area contributed by atoms with E-state index in [1.54, 1.807) is 18.5 Å². The summed E-state index contributed by atoms with van der Waals surface area (Å²) >= 11 is 0. The normalized spacial score (nSPS) is 11.7. The minimum Gasteiger partial charge on any atom is -0.319 e. The number of alkyl halides is 3. The minimum atomic E-state index is -4.68. The molecular weight excluding hydrogens is 419 g/mol. The number of pyridine rings is 2. The summed E-state index contributed by atoms with van der Waals surface area (Å²) in [6.07, 6.45) is -2.02. The van der Waals surface area contributed by atoms with Crippen LogP contribution in [0.4, 0.5) is 18.9 Å². The Bertz CT molecular complexity index is 1310. The molecule has 4 rings (SSSR count). The number of benzene rings is 1. The predicted molar refractivity (Wildman–Crippen MR) is 114 cm³/mol. The number of hydrogen-bond acceptors (Lipinski definition) is 4. The Morgan fingerprint density at radius 2 is 1.81 bits per heavy atom. The van der Waals surface area contributed by atoms with Crippen LogP contribution >= 0.6 is 0 Å². The quantitative estimate of drug-likeness (QED) is 0.482. The van der Waals surface area contributed by atoms with Gasteiger partial charge < -0.3 is 5.32 Å². The smallest absolute Gasteiger partial charge is 0.319 e. The number of hydrogen-bond donors (Lipinski definition) is 1. The third kappa shape index (κ3) is 4.18. The fourth-order valence-electron chi connectivity index (χ4n) is 3.48. The highest BCUT2D eigenvalue weighted by molar-refractivity contribution is 6.12. The average molecular weight is 439 g/mol. The first-order valence-corrected chi connectivity index (χ1v) is 9.86. The molecule has 0 saturated heterocycles. The average Bonchev–Trinajstić information content (AvgIpc) is 3.01. The molecule has 164 valence electrons. The topological polar surface area (TPSA) is 72.7 Å². The monoisotopic (exact) mass is 439 g/mol. The second kappa shape index (κ2) is 8.07. The highest BCUT2D eigenvalue weighted by Gasteiger charge is 2.34. The van der Waals surface area contributed by atoms with Crippen LogP contribution in [-0.4, -0.2) is 25.7 Å². The molecule has 0 saturated carbocycles. The maximum Gasteiger partial charge on any atom is 0.433 e. The summed E-state index contributed by atoms with van der Waals surface area (Å²) in [6, 6.07) is 10.1. The number of carbonyl (C=O) groups excluding carboxylic acids is 1. The zero-order valence-electron chi connectivity index (χ0n) is 17.7. The number of carbonyl (C=O) groups is 1. The van der Waals surface area contributed by atoms with Crippen LogP contribution in [0, 0.1) is 20.8 Å². The van der Waals surface area contributed by atoms with Gasteiger partial charge in [0, 0.05) is 17.8 Å². The first-order valence-electron chi connectivity index (χ1n) is 9.86. The Morgan fingerprint density at radius 1 is 1.09 bits per heavy atom. The lowest BCUT2D eigenvalue weighted by molar-refractivity contribution is -0.140. The first-order chi connectivity index (χ1) is 15.1. The van der Waals surface area contributed by atoms with Crippen molar-refractivity contribution in [2.24, 2.45) is 0 Å². The standard InChI is InChI=1S/C23H20F3N5O/c1-13-4-6-16(7-5-13)12-31-15(3)21(14(2)30-31)29-22(32)17-10-20(23(24,25)26)28-19-8-9-27-11-18(17)19/h4-11H,12H2,1-3H3,(H,29,32). The van der Waals surface area contributed by atoms with E-state index in [2.05, 4.69) is 20.4 Å². The molecule has 3 heterocycles. The summed E-state index contributed by atoms with van der Waals surface area (Å²) in [4.78, 5) is 20.6. The number of nitrogens with one attached hydrogen (secondary N) is 1. The Morgan fingerprint density at radius 3 is 2.50 bits per heavy atom. The van der Waals surface area contributed by atoms with Crippen LogP contribution < -0.4 is 5.32 Å². The van der Waals surface area contributed by atoms with Gasteiger partial charge >= 0.3 is 6.18 Å². The SMILES string of the molecule is Cc1ccc(Cn2nc(C)c(NC(=O)c3cc(C(F)(F)F)nc4ccncc34)c2C)cc1. The van der Waals surface area contributed by atoms with Crippen molar-refractivity contribution in [3.05, 3.63) is 82.6 Å². The summed E-state index contributed by atoms with van der Waals surface area (Å²) < 4.78 is 41.7. The molecule has 0 aliphatic rings. The van der Waals surface area contributed by atoms with Gasteiger partial charge in [0.15, 0.2) is 0 Å². The molecule has 0 atom stereocenters. The summed E-state index contributed by atoms with van der Waals surface area (Å²) in [6.45, 7) is 6.05. The fourth-order valence-corrected chi connectivity index (χ4v) is 3.48. The van der Waals surface area contributed by atoms with Crippen molar-refractivity contribution >= 4 is 22.5 Å². The third-order valence-electron chi connectivity index (χ3n) is 5.22. The Balaban J connectivity index is 1.68. The fraction of sp³-hybridized carbons (Fsp3) is 0.217. The van der Waals surface area contributed by atoms with Gasteiger partial charge in [-0.1, -0.05) is 29.8 Å². The van der Waals surface area contributed by atoms with Gasteiger partial charge in [-0.05, 0) is 38.5 Å². The number of halogens is 3. The van der Waals surface area contributed by atoms with Crippen molar-refractivity contribution in [2.75, 3.05) is 5.32 Å². The van der Waals surface area contributed by atoms with Crippen molar-refractivity contribution in [3.63, 3.8) is 0 Å². The van der Waals surface area contributed by atoms with Gasteiger partial charge in [0.05, 0.1) is 34.7 Å². The van der Waals surface area contributed by atoms with Crippen LogP contribution in [0.2, 0.25) is 0 Å². The molecule has 0 aliphatic heterocycles. The summed E-state index contributed by atoms with van der Waals surface area (Å²) in [5.41, 5.74) is 2.67. The molecule has 4 aromatic rings. The number of aromatic nitrogens is 4. The zero-order valence-corrected chi connectivity index (χ0v) is 17.7. The Kier molecular flexibility index (Phi) is 5.41. The Hall–Kier alpha value is -3.75. The lowest BCUT2D eigenvalue weighted by Crippen LogP contribution is -2.17. The van der Waals surface area contributed by atoms with E-state index < -0.39 is 17.8 Å². The van der Waals surface area contributed by atoms with E-state index in [-0.39, 0.29) is 16.5 Å². The molecule has 9 heteroatoms. The second-order valence-corrected chi connectivity index (χ2v) is 7.59. The minimum absolute atomic E-state index is 0.0449. The van der Waals surface area contributed by atoms with Crippen molar-refractivity contribution in [1.29, 1.82) is 0 Å². The van der Waals surface area contributed by atoms with Gasteiger partial charge in [-0.3, -0.25) is 14.5 Å². The second-order valence-electron chi connectivity index (χ2n) is 7.59. The van der Waals surface area contributed by atoms with Gasteiger partial charge in [-0.2, -0.15) is 18.3 Å². The van der Waals surface area contributed by atoms with Gasteiger partial charge in [-0.15, -0.1) is 0 Å². The van der Waals surface area contributed by atoms with Gasteiger partial charge in [-0.25, -0.2) is 4.98 Å². The molecule has 0 fully saturated rings. The van der Waals surface area contributed by atoms with Crippen molar-refractivity contribution in [3.8, 4) is 0 Å². The number of amides is 1. The van der Waals surface area contributed by atoms with E-state index in [1.807, 2.05) is 31.2 Å². The maximum absolute atomic E-state index is 13.3. The summed E-state index contributed by atoms with van der Waals surface area (Å²) in [5, 5.41) is 7.46. The zero-order chi connectivity index (χ0) is 23.0. The van der Waals surface area contributed by atoms with Crippen LogP contribution in [0.1, 0.15) is 38.6 Å². The lowest BCUT2D eigenvalue weighted by Gasteiger charge is -2.12. The van der Waals surface area contributed by atoms with E-state index in [4.69, 9.17) is 0 Å². The van der Waals surface area contributed by atoms with Crippen LogP contribution in [0.5, 0.6) is 0 Å².